The van der Waals surface area contributed by atoms with Crippen molar-refractivity contribution >= 4 is 21.8 Å². The maximum Gasteiger partial charge on any atom is 0.0541 e. The number of aromatic nitrogens is 1. The Morgan fingerprint density at radius 2 is 0.412 bits per heavy atom. The molecule has 0 N–H and O–H groups in total. The van der Waals surface area contributed by atoms with Gasteiger partial charge in [0.15, 0.2) is 0 Å². The van der Waals surface area contributed by atoms with Crippen molar-refractivity contribution in [2.24, 2.45) is 0 Å². The third-order valence-corrected chi connectivity index (χ3v) is 20.5. The molecule has 0 unspecified atom stereocenters. The molecule has 1 heteroatoms. The van der Waals surface area contributed by atoms with Crippen molar-refractivity contribution in [1.29, 1.82) is 0 Å². The normalized spacial score (nSPS) is 13.3. The van der Waals surface area contributed by atoms with Crippen LogP contribution in [-0.4, -0.2) is 4.57 Å². The lowest BCUT2D eigenvalue weighted by Gasteiger charge is -2.27. The number of hydrogen-bond donors (Lipinski definition) is 0. The van der Waals surface area contributed by atoms with Crippen LogP contribution in [0.1, 0.15) is 237 Å². The van der Waals surface area contributed by atoms with Gasteiger partial charge in [-0.3, -0.25) is 0 Å². The van der Waals surface area contributed by atoms with Crippen LogP contribution >= 0.6 is 0 Å². The number of benzene rings is 10. The van der Waals surface area contributed by atoms with E-state index in [0.717, 1.165) is 5.69 Å². The Kier molecular flexibility index (Phi) is 17.7. The van der Waals surface area contributed by atoms with Crippen LogP contribution in [-0.2, 0) is 48.7 Å². The first-order valence-corrected chi connectivity index (χ1v) is 35.9. The van der Waals surface area contributed by atoms with E-state index in [1.807, 2.05) is 0 Å². The predicted octanol–water partition coefficient (Wildman–Crippen LogP) is 28.1. The summed E-state index contributed by atoms with van der Waals surface area (Å²) in [4.78, 5) is 0. The van der Waals surface area contributed by atoms with E-state index in [1.54, 1.807) is 0 Å². The van der Waals surface area contributed by atoms with Gasteiger partial charge < -0.3 is 4.57 Å². The largest absolute Gasteiger partial charge is 0.309 e. The van der Waals surface area contributed by atoms with E-state index in [4.69, 9.17) is 0 Å². The zero-order valence-electron chi connectivity index (χ0n) is 64.4. The van der Waals surface area contributed by atoms with E-state index in [2.05, 4.69) is 386 Å². The fourth-order valence-corrected chi connectivity index (χ4v) is 13.8. The van der Waals surface area contributed by atoms with Gasteiger partial charge in [-0.15, -0.1) is 0 Å². The van der Waals surface area contributed by atoms with Crippen molar-refractivity contribution in [2.45, 2.75) is 236 Å². The first-order valence-electron chi connectivity index (χ1n) is 35.9. The third-order valence-electron chi connectivity index (χ3n) is 20.5. The summed E-state index contributed by atoms with van der Waals surface area (Å²) in [5.41, 5.74) is 32.3. The minimum Gasteiger partial charge on any atom is -0.309 e. The van der Waals surface area contributed by atoms with Crippen LogP contribution in [0.4, 0.5) is 0 Å². The molecule has 0 atom stereocenters. The molecule has 0 aliphatic rings. The van der Waals surface area contributed by atoms with Crippen molar-refractivity contribution in [2.75, 3.05) is 0 Å². The number of rotatable bonds is 8. The Labute approximate surface area is 586 Å². The molecule has 0 aliphatic carbocycles. The summed E-state index contributed by atoms with van der Waals surface area (Å²) < 4.78 is 2.56. The molecule has 0 bridgehead atoms. The average molecular weight is 1280 g/mol. The number of hydrogen-bond acceptors (Lipinski definition) is 0. The van der Waals surface area contributed by atoms with Crippen LogP contribution in [0, 0.1) is 0 Å². The van der Waals surface area contributed by atoms with E-state index in [-0.39, 0.29) is 48.7 Å². The number of para-hydroxylation sites is 1. The van der Waals surface area contributed by atoms with Crippen LogP contribution < -0.4 is 0 Å². The summed E-state index contributed by atoms with van der Waals surface area (Å²) in [6.07, 6.45) is 0. The van der Waals surface area contributed by atoms with Crippen molar-refractivity contribution in [3.05, 3.63) is 244 Å². The lowest BCUT2D eigenvalue weighted by molar-refractivity contribution is 0.568. The van der Waals surface area contributed by atoms with Gasteiger partial charge in [0.25, 0.3) is 0 Å². The Hall–Kier alpha value is -8.00. The lowest BCUT2D eigenvalue weighted by atomic mass is 9.77. The first-order chi connectivity index (χ1) is 44.7. The Morgan fingerprint density at radius 1 is 0.186 bits per heavy atom. The summed E-state index contributed by atoms with van der Waals surface area (Å²) in [6, 6.07) is 77.2. The highest BCUT2D eigenvalue weighted by Crippen LogP contribution is 2.47. The van der Waals surface area contributed by atoms with E-state index < -0.39 is 0 Å². The summed E-state index contributed by atoms with van der Waals surface area (Å²) in [5.74, 6) is 0. The van der Waals surface area contributed by atoms with Crippen molar-refractivity contribution in [3.63, 3.8) is 0 Å². The standard InChI is InChI=1S/C96H113N/c1-88(2,3)72-46-68(47-73(56-72)89(4,5)6)64-40-62(41-65(44-64)69-48-74(90(7,8)9)57-75(49-69)91(10,11)12)60-36-38-86-82(54-60)83-55-61(37-39-87(83)97(86)85-35-31-29-33-81(85)80-32-28-30-34-84(80)96(25,26)27)63-42-66(70-50-76(92(13,14)15)58-77(51-70)93(16,17)18)45-67(43-63)71-52-78(94(19,20)21)59-79(53-71)95(22,23)24/h28-59H,1-27H3. The second-order valence-electron chi connectivity index (χ2n) is 37.9. The summed E-state index contributed by atoms with van der Waals surface area (Å²) in [6.45, 7) is 63.4. The van der Waals surface area contributed by atoms with Crippen LogP contribution in [0.5, 0.6) is 0 Å². The fourth-order valence-electron chi connectivity index (χ4n) is 13.8. The molecule has 0 saturated carbocycles. The molecular weight excluding hydrogens is 1170 g/mol. The highest BCUT2D eigenvalue weighted by molar-refractivity contribution is 6.12. The molecule has 1 heterocycles. The molecule has 0 amide bonds. The smallest absolute Gasteiger partial charge is 0.0541 e. The molecule has 10 aromatic carbocycles. The average Bonchev–Trinajstić information content (AvgIpc) is 1.56. The molecular formula is C96H113N. The Balaban J connectivity index is 1.24. The second-order valence-corrected chi connectivity index (χ2v) is 37.9. The molecule has 0 spiro atoms. The van der Waals surface area contributed by atoms with Gasteiger partial charge in [0.1, 0.15) is 0 Å². The SMILES string of the molecule is CC(C)(C)c1cc(-c2cc(-c3cc(C(C)(C)C)cc(C(C)(C)C)c3)cc(-c3ccc4c(c3)c3cc(-c5cc(-c6cc(C(C)(C)C)cc(C(C)(C)C)c6)cc(-c6cc(C(C)(C)C)cc(C(C)(C)C)c6)c5)ccc3n4-c3ccccc3-c3ccccc3C(C)(C)C)c2)cc(C(C)(C)C)c1. The van der Waals surface area contributed by atoms with Crippen LogP contribution in [0.15, 0.2) is 194 Å². The van der Waals surface area contributed by atoms with E-state index in [1.165, 1.54) is 150 Å². The van der Waals surface area contributed by atoms with Crippen LogP contribution in [0.2, 0.25) is 0 Å². The van der Waals surface area contributed by atoms with Crippen molar-refractivity contribution in [3.8, 4) is 83.6 Å². The van der Waals surface area contributed by atoms with Crippen molar-refractivity contribution < 1.29 is 0 Å². The molecule has 1 aromatic heterocycles. The van der Waals surface area contributed by atoms with Crippen LogP contribution in [0.3, 0.4) is 0 Å². The molecule has 0 radical (unpaired) electrons. The van der Waals surface area contributed by atoms with Gasteiger partial charge in [-0.2, -0.15) is 0 Å². The van der Waals surface area contributed by atoms with E-state index in [9.17, 15) is 0 Å². The Morgan fingerprint density at radius 3 is 0.670 bits per heavy atom. The van der Waals surface area contributed by atoms with E-state index >= 15 is 0 Å². The van der Waals surface area contributed by atoms with Crippen LogP contribution in [0.25, 0.3) is 105 Å². The van der Waals surface area contributed by atoms with Gasteiger partial charge in [0.05, 0.1) is 16.7 Å². The third kappa shape index (κ3) is 14.8. The summed E-state index contributed by atoms with van der Waals surface area (Å²) >= 11 is 0. The molecule has 1 nitrogen and oxygen atoms in total. The number of nitrogens with zero attached hydrogens (tertiary/aromatic N) is 1. The molecule has 11 rings (SSSR count). The number of fused-ring (bicyclic) bond motifs is 3. The molecule has 97 heavy (non-hydrogen) atoms. The Bertz CT molecular complexity index is 4250. The monoisotopic (exact) mass is 1280 g/mol. The quantitative estimate of drug-likeness (QED) is 0.143. The van der Waals surface area contributed by atoms with Gasteiger partial charge in [-0.1, -0.05) is 314 Å². The van der Waals surface area contributed by atoms with Gasteiger partial charge in [0.2, 0.25) is 0 Å². The predicted molar refractivity (Wildman–Crippen MR) is 427 cm³/mol. The topological polar surface area (TPSA) is 4.93 Å². The zero-order valence-corrected chi connectivity index (χ0v) is 64.4. The maximum absolute atomic E-state index is 2.56. The molecule has 0 fully saturated rings. The zero-order chi connectivity index (χ0) is 70.9. The second kappa shape index (κ2) is 24.5. The van der Waals surface area contributed by atoms with Gasteiger partial charge >= 0.3 is 0 Å². The first kappa shape index (κ1) is 70.3. The van der Waals surface area contributed by atoms with Gasteiger partial charge in [-0.25, -0.2) is 0 Å². The summed E-state index contributed by atoms with van der Waals surface area (Å²) in [5, 5.41) is 2.43. The minimum atomic E-state index is -0.0788. The maximum atomic E-state index is 2.56. The highest BCUT2D eigenvalue weighted by atomic mass is 15.0. The lowest BCUT2D eigenvalue weighted by Crippen LogP contribution is -2.16. The minimum absolute atomic E-state index is 0.0478. The van der Waals surface area contributed by atoms with Gasteiger partial charge in [0, 0.05) is 16.3 Å². The highest BCUT2D eigenvalue weighted by Gasteiger charge is 2.29. The molecule has 502 valence electrons. The van der Waals surface area contributed by atoms with Crippen molar-refractivity contribution in [1.82, 2.24) is 4.57 Å². The molecule has 11 aromatic rings. The molecule has 0 aliphatic heterocycles. The van der Waals surface area contributed by atoms with Gasteiger partial charge in [-0.05, 0) is 238 Å². The fraction of sp³-hybridized carbons (Fsp3) is 0.375. The van der Waals surface area contributed by atoms with E-state index in [0.29, 0.717) is 0 Å². The molecule has 0 saturated heterocycles. The summed E-state index contributed by atoms with van der Waals surface area (Å²) in [7, 11) is 0.